The third kappa shape index (κ3) is 8.90. The lowest BCUT2D eigenvalue weighted by Gasteiger charge is -2.23. The van der Waals surface area contributed by atoms with Crippen LogP contribution in [-0.4, -0.2) is 47.9 Å². The predicted molar refractivity (Wildman–Crippen MR) is 148 cm³/mol. The molecule has 36 heavy (non-hydrogen) atoms. The van der Waals surface area contributed by atoms with Crippen LogP contribution in [-0.2, 0) is 9.47 Å². The Kier molecular flexibility index (Phi) is 9.54. The molecule has 0 aromatic carbocycles. The monoisotopic (exact) mass is 576 g/mol. The summed E-state index contributed by atoms with van der Waals surface area (Å²) in [6.07, 6.45) is 3.14. The first-order valence-electron chi connectivity index (χ1n) is 12.2. The first-order chi connectivity index (χ1) is 16.9. The van der Waals surface area contributed by atoms with Crippen molar-refractivity contribution in [3.8, 4) is 5.88 Å². The largest absolute Gasteiger partial charge is 0.467 e. The normalized spacial score (nSPS) is 13.9. The average Bonchev–Trinajstić information content (AvgIpc) is 3.23. The predicted octanol–water partition coefficient (Wildman–Crippen LogP) is 6.74. The molecule has 2 atom stereocenters. The standard InChI is InChI=1S/C26H37BrN4O4Si/c1-26(2,3)35-25(32)30-14-11-21(20-9-7-8-12-28-20)34-24-19(17-18-10-13-29-23(18)31-24)22(27)33-15-16-36(4,5)6/h7-10,12-13,17,21-22H,11,14-16H2,1-6H3,(H,29,31)(H,30,32). The minimum absolute atomic E-state index is 0.348. The molecule has 8 nitrogen and oxygen atoms in total. The number of fused-ring (bicyclic) bond motifs is 1. The number of nitrogens with zero attached hydrogens (tertiary/aromatic N) is 2. The van der Waals surface area contributed by atoms with Gasteiger partial charge in [0.05, 0.1) is 11.3 Å². The topological polar surface area (TPSA) is 98.4 Å². The molecular formula is C26H37BrN4O4Si. The lowest BCUT2D eigenvalue weighted by molar-refractivity contribution is 0.0519. The van der Waals surface area contributed by atoms with Gasteiger partial charge < -0.3 is 24.5 Å². The summed E-state index contributed by atoms with van der Waals surface area (Å²) in [6.45, 7) is 13.5. The highest BCUT2D eigenvalue weighted by Gasteiger charge is 2.24. The quantitative estimate of drug-likeness (QED) is 0.194. The van der Waals surface area contributed by atoms with Gasteiger partial charge in [-0.2, -0.15) is 4.98 Å². The number of H-pyrrole nitrogens is 1. The number of carbonyl (C=O) groups excluding carboxylic acids is 1. The molecule has 0 aliphatic rings. The van der Waals surface area contributed by atoms with E-state index in [4.69, 9.17) is 19.2 Å². The Balaban J connectivity index is 1.81. The Morgan fingerprint density at radius 2 is 2.00 bits per heavy atom. The van der Waals surface area contributed by atoms with Crippen molar-refractivity contribution in [2.75, 3.05) is 13.2 Å². The summed E-state index contributed by atoms with van der Waals surface area (Å²) < 4.78 is 18.0. The zero-order valence-electron chi connectivity index (χ0n) is 21.9. The number of aromatic amines is 1. The van der Waals surface area contributed by atoms with E-state index in [1.807, 2.05) is 57.3 Å². The Labute approximate surface area is 222 Å². The fourth-order valence-electron chi connectivity index (χ4n) is 3.38. The fourth-order valence-corrected chi connectivity index (χ4v) is 4.63. The van der Waals surface area contributed by atoms with Gasteiger partial charge in [0.15, 0.2) is 0 Å². The van der Waals surface area contributed by atoms with Crippen molar-refractivity contribution in [2.45, 2.75) is 69.6 Å². The first kappa shape index (κ1) is 28.1. The number of halogens is 1. The van der Waals surface area contributed by atoms with Gasteiger partial charge in [-0.1, -0.05) is 41.6 Å². The van der Waals surface area contributed by atoms with Gasteiger partial charge >= 0.3 is 6.09 Å². The zero-order valence-corrected chi connectivity index (χ0v) is 24.5. The lowest BCUT2D eigenvalue weighted by atomic mass is 10.1. The van der Waals surface area contributed by atoms with Crippen LogP contribution < -0.4 is 10.1 Å². The Morgan fingerprint density at radius 3 is 2.67 bits per heavy atom. The van der Waals surface area contributed by atoms with Crippen molar-refractivity contribution in [2.24, 2.45) is 0 Å². The van der Waals surface area contributed by atoms with Crippen LogP contribution >= 0.6 is 15.9 Å². The molecule has 10 heteroatoms. The maximum atomic E-state index is 12.1. The summed E-state index contributed by atoms with van der Waals surface area (Å²) in [5.74, 6) is 0.452. The van der Waals surface area contributed by atoms with E-state index in [-0.39, 0.29) is 5.01 Å². The van der Waals surface area contributed by atoms with Crippen LogP contribution in [0.4, 0.5) is 4.79 Å². The SMILES string of the molecule is CC(C)(C)OC(=O)NCCC(Oc1nc2[nH]ccc2cc1C(Br)OCC[Si](C)(C)C)c1ccccn1. The minimum Gasteiger partial charge on any atom is -0.467 e. The number of alkyl halides is 1. The second-order valence-electron chi connectivity index (χ2n) is 10.9. The van der Waals surface area contributed by atoms with E-state index in [2.05, 4.69) is 50.9 Å². The summed E-state index contributed by atoms with van der Waals surface area (Å²) in [7, 11) is -1.23. The number of pyridine rings is 2. The molecule has 0 saturated carbocycles. The number of carbonyl (C=O) groups is 1. The highest BCUT2D eigenvalue weighted by atomic mass is 79.9. The zero-order chi connectivity index (χ0) is 26.3. The van der Waals surface area contributed by atoms with Gasteiger partial charge in [0.25, 0.3) is 0 Å². The molecular weight excluding hydrogens is 540 g/mol. The summed E-state index contributed by atoms with van der Waals surface area (Å²) in [5.41, 5.74) is 1.71. The number of ether oxygens (including phenoxy) is 3. The van der Waals surface area contributed by atoms with Gasteiger partial charge in [-0.05, 0) is 51.1 Å². The van der Waals surface area contributed by atoms with Crippen LogP contribution in [0.5, 0.6) is 5.88 Å². The fraction of sp³-hybridized carbons (Fsp3) is 0.500. The molecule has 3 aromatic heterocycles. The van der Waals surface area contributed by atoms with Gasteiger partial charge in [-0.15, -0.1) is 0 Å². The van der Waals surface area contributed by atoms with Gasteiger partial charge in [-0.3, -0.25) is 4.98 Å². The molecule has 3 rings (SSSR count). The van der Waals surface area contributed by atoms with Crippen LogP contribution in [0.3, 0.4) is 0 Å². The van der Waals surface area contributed by atoms with E-state index in [1.54, 1.807) is 6.20 Å². The number of nitrogens with one attached hydrogen (secondary N) is 2. The molecule has 0 spiro atoms. The molecule has 0 aliphatic heterocycles. The Hall–Kier alpha value is -2.43. The van der Waals surface area contributed by atoms with Gasteiger partial charge in [0, 0.05) is 45.4 Å². The maximum absolute atomic E-state index is 12.1. The molecule has 0 fully saturated rings. The van der Waals surface area contributed by atoms with E-state index in [1.165, 1.54) is 0 Å². The molecule has 196 valence electrons. The molecule has 0 bridgehead atoms. The molecule has 2 N–H and O–H groups in total. The molecule has 3 heterocycles. The Morgan fingerprint density at radius 1 is 1.22 bits per heavy atom. The average molecular weight is 578 g/mol. The van der Waals surface area contributed by atoms with Crippen molar-refractivity contribution in [3.05, 3.63) is 54.0 Å². The first-order valence-corrected chi connectivity index (χ1v) is 16.8. The molecule has 0 aliphatic carbocycles. The summed E-state index contributed by atoms with van der Waals surface area (Å²) in [6, 6.07) is 10.7. The molecule has 0 radical (unpaired) electrons. The van der Waals surface area contributed by atoms with E-state index in [9.17, 15) is 4.79 Å². The van der Waals surface area contributed by atoms with E-state index >= 15 is 0 Å². The van der Waals surface area contributed by atoms with E-state index < -0.39 is 25.9 Å². The number of alkyl carbamates (subject to hydrolysis) is 1. The number of amides is 1. The molecule has 3 aromatic rings. The summed E-state index contributed by atoms with van der Waals surface area (Å²) in [4.78, 5) is 24.5. The highest BCUT2D eigenvalue weighted by Crippen LogP contribution is 2.36. The van der Waals surface area contributed by atoms with Crippen molar-refractivity contribution in [3.63, 3.8) is 0 Å². The van der Waals surface area contributed by atoms with Crippen LogP contribution in [0.15, 0.2) is 42.7 Å². The van der Waals surface area contributed by atoms with E-state index in [0.717, 1.165) is 28.3 Å². The smallest absolute Gasteiger partial charge is 0.407 e. The van der Waals surface area contributed by atoms with Crippen molar-refractivity contribution in [1.82, 2.24) is 20.3 Å². The molecule has 0 saturated heterocycles. The summed E-state index contributed by atoms with van der Waals surface area (Å²) in [5, 5.41) is 3.40. The third-order valence-corrected chi connectivity index (χ3v) is 7.70. The van der Waals surface area contributed by atoms with Gasteiger partial charge in [0.1, 0.15) is 22.4 Å². The molecule has 2 unspecified atom stereocenters. The van der Waals surface area contributed by atoms with Crippen molar-refractivity contribution < 1.29 is 19.0 Å². The minimum atomic E-state index is -1.23. The number of aromatic nitrogens is 3. The Bertz CT molecular complexity index is 1130. The second-order valence-corrected chi connectivity index (χ2v) is 17.3. The van der Waals surface area contributed by atoms with Gasteiger partial charge in [0.2, 0.25) is 5.88 Å². The van der Waals surface area contributed by atoms with E-state index in [0.29, 0.717) is 25.5 Å². The number of hydrogen-bond acceptors (Lipinski definition) is 6. The van der Waals surface area contributed by atoms with Crippen LogP contribution in [0, 0.1) is 0 Å². The number of rotatable bonds is 11. The van der Waals surface area contributed by atoms with Gasteiger partial charge in [-0.25, -0.2) is 4.79 Å². The maximum Gasteiger partial charge on any atom is 0.407 e. The van der Waals surface area contributed by atoms with Crippen LogP contribution in [0.2, 0.25) is 25.7 Å². The van der Waals surface area contributed by atoms with Crippen LogP contribution in [0.1, 0.15) is 49.6 Å². The molecule has 1 amide bonds. The van der Waals surface area contributed by atoms with Crippen LogP contribution in [0.25, 0.3) is 11.0 Å². The summed E-state index contributed by atoms with van der Waals surface area (Å²) >= 11 is 3.70. The third-order valence-electron chi connectivity index (χ3n) is 5.23. The number of hydrogen-bond donors (Lipinski definition) is 2. The van der Waals surface area contributed by atoms with Crippen molar-refractivity contribution >= 4 is 41.1 Å². The van der Waals surface area contributed by atoms with Crippen molar-refractivity contribution in [1.29, 1.82) is 0 Å². The highest BCUT2D eigenvalue weighted by molar-refractivity contribution is 9.09. The second kappa shape index (κ2) is 12.2. The lowest BCUT2D eigenvalue weighted by Crippen LogP contribution is -2.33.